The Labute approximate surface area is 153 Å². The predicted molar refractivity (Wildman–Crippen MR) is 107 cm³/mol. The number of thioether (sulfide) groups is 1. The molecule has 0 spiro atoms. The predicted octanol–water partition coefficient (Wildman–Crippen LogP) is 4.79. The molecule has 0 amide bonds. The van der Waals surface area contributed by atoms with Crippen molar-refractivity contribution in [1.82, 2.24) is 0 Å². The first kappa shape index (κ1) is 16.8. The van der Waals surface area contributed by atoms with Gasteiger partial charge in [-0.15, -0.1) is 11.8 Å². The fourth-order valence-electron chi connectivity index (χ4n) is 2.33. The second-order valence-corrected chi connectivity index (χ2v) is 6.18. The van der Waals surface area contributed by atoms with Crippen molar-refractivity contribution in [3.8, 4) is 23.7 Å². The van der Waals surface area contributed by atoms with Gasteiger partial charge in [-0.3, -0.25) is 0 Å². The number of nitrogen functional groups attached to an aromatic ring is 1. The zero-order chi connectivity index (χ0) is 17.5. The van der Waals surface area contributed by atoms with Crippen LogP contribution in [-0.2, 0) is 0 Å². The lowest BCUT2D eigenvalue weighted by Crippen LogP contribution is -1.89. The summed E-state index contributed by atoms with van der Waals surface area (Å²) >= 11 is 1.70. The van der Waals surface area contributed by atoms with Crippen molar-refractivity contribution in [1.29, 1.82) is 0 Å². The minimum absolute atomic E-state index is 0.687. The van der Waals surface area contributed by atoms with Gasteiger partial charge in [-0.1, -0.05) is 60.1 Å². The summed E-state index contributed by atoms with van der Waals surface area (Å²) in [6.07, 6.45) is 2.06. The van der Waals surface area contributed by atoms with Gasteiger partial charge in [-0.2, -0.15) is 0 Å². The Kier molecular flexibility index (Phi) is 5.47. The van der Waals surface area contributed by atoms with E-state index in [2.05, 4.69) is 36.0 Å². The van der Waals surface area contributed by atoms with Crippen molar-refractivity contribution >= 4 is 17.4 Å². The van der Waals surface area contributed by atoms with Gasteiger partial charge in [-0.25, -0.2) is 0 Å². The second kappa shape index (κ2) is 8.15. The Balaban J connectivity index is 1.96. The molecule has 0 aromatic heterocycles. The molecule has 0 fully saturated rings. The van der Waals surface area contributed by atoms with Crippen LogP contribution in [-0.4, -0.2) is 6.26 Å². The summed E-state index contributed by atoms with van der Waals surface area (Å²) in [7, 11) is 0. The second-order valence-electron chi connectivity index (χ2n) is 5.33. The zero-order valence-electron chi connectivity index (χ0n) is 13.9. The van der Waals surface area contributed by atoms with Crippen LogP contribution in [0.15, 0.2) is 77.7 Å². The van der Waals surface area contributed by atoms with E-state index in [1.165, 1.54) is 4.90 Å². The molecule has 0 aliphatic heterocycles. The van der Waals surface area contributed by atoms with Crippen molar-refractivity contribution in [2.45, 2.75) is 4.90 Å². The summed E-state index contributed by atoms with van der Waals surface area (Å²) in [5.41, 5.74) is 10.3. The molecule has 0 radical (unpaired) electrons. The smallest absolute Gasteiger partial charge is 0.0478 e. The number of rotatable bonds is 1. The average molecular weight is 339 g/mol. The molecule has 0 saturated carbocycles. The molecule has 1 nitrogen and oxygen atoms in total. The van der Waals surface area contributed by atoms with E-state index >= 15 is 0 Å². The third kappa shape index (κ3) is 4.27. The van der Waals surface area contributed by atoms with Gasteiger partial charge in [0.2, 0.25) is 0 Å². The van der Waals surface area contributed by atoms with Crippen molar-refractivity contribution < 1.29 is 0 Å². The van der Waals surface area contributed by atoms with Crippen molar-refractivity contribution in [3.05, 3.63) is 95.1 Å². The van der Waals surface area contributed by atoms with Crippen molar-refractivity contribution in [2.24, 2.45) is 0 Å². The lowest BCUT2D eigenvalue weighted by molar-refractivity contribution is 1.42. The van der Waals surface area contributed by atoms with Crippen LogP contribution < -0.4 is 5.73 Å². The van der Waals surface area contributed by atoms with Gasteiger partial charge in [0.15, 0.2) is 0 Å². The Morgan fingerprint density at radius 3 is 1.64 bits per heavy atom. The van der Waals surface area contributed by atoms with E-state index in [9.17, 15) is 0 Å². The molecule has 2 N–H and O–H groups in total. The number of nitrogens with two attached hydrogens (primary N) is 1. The van der Waals surface area contributed by atoms with Crippen LogP contribution in [0.5, 0.6) is 0 Å². The van der Waals surface area contributed by atoms with E-state index in [-0.39, 0.29) is 0 Å². The Morgan fingerprint density at radius 2 is 1.04 bits per heavy atom. The number of para-hydroxylation sites is 1. The van der Waals surface area contributed by atoms with Crippen LogP contribution in [0.1, 0.15) is 22.3 Å². The average Bonchev–Trinajstić information content (AvgIpc) is 2.66. The van der Waals surface area contributed by atoms with Crippen molar-refractivity contribution in [3.63, 3.8) is 0 Å². The molecule has 3 rings (SSSR count). The molecule has 0 atom stereocenters. The number of hydrogen-bond acceptors (Lipinski definition) is 2. The SMILES string of the molecule is CSc1ccccc1C#Cc1ccccc1C#Cc1ccccc1N. The number of anilines is 1. The standard InChI is InChI=1S/C23H17NS/c1-25-23-13-7-5-11-21(23)17-15-19-9-3-2-8-18(19)14-16-20-10-4-6-12-22(20)24/h2-13H,24H2,1H3. The Morgan fingerprint density at radius 1 is 0.600 bits per heavy atom. The fourth-order valence-corrected chi connectivity index (χ4v) is 2.88. The highest BCUT2D eigenvalue weighted by molar-refractivity contribution is 7.98. The van der Waals surface area contributed by atoms with E-state index in [4.69, 9.17) is 5.73 Å². The summed E-state index contributed by atoms with van der Waals surface area (Å²) in [4.78, 5) is 1.18. The molecule has 120 valence electrons. The molecule has 3 aromatic carbocycles. The van der Waals surface area contributed by atoms with Gasteiger partial charge in [0, 0.05) is 32.8 Å². The molecule has 3 aromatic rings. The summed E-state index contributed by atoms with van der Waals surface area (Å²) in [6.45, 7) is 0. The fraction of sp³-hybridized carbons (Fsp3) is 0.0435. The molecule has 0 heterocycles. The highest BCUT2D eigenvalue weighted by Gasteiger charge is 1.98. The normalized spacial score (nSPS) is 9.48. The van der Waals surface area contributed by atoms with E-state index in [0.29, 0.717) is 5.69 Å². The third-order valence-electron chi connectivity index (χ3n) is 3.66. The number of hydrogen-bond donors (Lipinski definition) is 1. The van der Waals surface area contributed by atoms with Crippen LogP contribution >= 0.6 is 11.8 Å². The lowest BCUT2D eigenvalue weighted by Gasteiger charge is -1.99. The Bertz CT molecular complexity index is 1010. The minimum Gasteiger partial charge on any atom is -0.398 e. The van der Waals surface area contributed by atoms with Crippen LogP contribution in [0, 0.1) is 23.7 Å². The van der Waals surface area contributed by atoms with E-state index in [1.54, 1.807) is 11.8 Å². The highest BCUT2D eigenvalue weighted by atomic mass is 32.2. The van der Waals surface area contributed by atoms with Gasteiger partial charge in [0.05, 0.1) is 0 Å². The van der Waals surface area contributed by atoms with Gasteiger partial charge in [0.25, 0.3) is 0 Å². The quantitative estimate of drug-likeness (QED) is 0.392. The Hall–Kier alpha value is -3.07. The maximum absolute atomic E-state index is 5.96. The van der Waals surface area contributed by atoms with Crippen LogP contribution in [0.4, 0.5) is 5.69 Å². The van der Waals surface area contributed by atoms with Gasteiger partial charge in [-0.05, 0) is 42.7 Å². The molecule has 0 aliphatic rings. The topological polar surface area (TPSA) is 26.0 Å². The molecular formula is C23H17NS. The molecule has 25 heavy (non-hydrogen) atoms. The van der Waals surface area contributed by atoms with Gasteiger partial charge >= 0.3 is 0 Å². The van der Waals surface area contributed by atoms with Gasteiger partial charge < -0.3 is 5.73 Å². The summed E-state index contributed by atoms with van der Waals surface area (Å²) in [5.74, 6) is 12.9. The summed E-state index contributed by atoms with van der Waals surface area (Å²) < 4.78 is 0. The maximum atomic E-state index is 5.96. The first-order valence-electron chi connectivity index (χ1n) is 7.88. The number of benzene rings is 3. The highest BCUT2D eigenvalue weighted by Crippen LogP contribution is 2.19. The van der Waals surface area contributed by atoms with E-state index in [1.807, 2.05) is 66.7 Å². The first-order valence-corrected chi connectivity index (χ1v) is 9.11. The first-order chi connectivity index (χ1) is 12.3. The monoisotopic (exact) mass is 339 g/mol. The third-order valence-corrected chi connectivity index (χ3v) is 4.45. The maximum Gasteiger partial charge on any atom is 0.0478 e. The van der Waals surface area contributed by atoms with Crippen LogP contribution in [0.3, 0.4) is 0 Å². The molecule has 0 saturated heterocycles. The molecule has 2 heteroatoms. The molecule has 0 unspecified atom stereocenters. The van der Waals surface area contributed by atoms with Gasteiger partial charge in [0.1, 0.15) is 0 Å². The van der Waals surface area contributed by atoms with Crippen LogP contribution in [0.25, 0.3) is 0 Å². The largest absolute Gasteiger partial charge is 0.398 e. The lowest BCUT2D eigenvalue weighted by atomic mass is 10.1. The van der Waals surface area contributed by atoms with Crippen LogP contribution in [0.2, 0.25) is 0 Å². The van der Waals surface area contributed by atoms with E-state index in [0.717, 1.165) is 22.3 Å². The zero-order valence-corrected chi connectivity index (χ0v) is 14.7. The molecular weight excluding hydrogens is 322 g/mol. The molecule has 0 bridgehead atoms. The molecule has 0 aliphatic carbocycles. The van der Waals surface area contributed by atoms with Crippen molar-refractivity contribution in [2.75, 3.05) is 12.0 Å². The summed E-state index contributed by atoms with van der Waals surface area (Å²) in [5, 5.41) is 0. The minimum atomic E-state index is 0.687. The van der Waals surface area contributed by atoms with E-state index < -0.39 is 0 Å². The summed E-state index contributed by atoms with van der Waals surface area (Å²) in [6, 6.07) is 23.7.